The number of hydrogen-bond donors (Lipinski definition) is 0. The van der Waals surface area contributed by atoms with Crippen LogP contribution in [0.3, 0.4) is 0 Å². The monoisotopic (exact) mass is 349 g/mol. The lowest BCUT2D eigenvalue weighted by atomic mass is 10.0. The third kappa shape index (κ3) is 3.35. The first-order valence-electron chi connectivity index (χ1n) is 7.97. The standard InChI is InChI=1S/C19H16FN5O/c1-11-8-12(2)23-19(22-11)16(10-21)18(26)17-9-13(3)25(24-17)15-6-4-14(20)5-7-15/h4-9,16H,1-3H3. The summed E-state index contributed by atoms with van der Waals surface area (Å²) >= 11 is 0. The highest BCUT2D eigenvalue weighted by atomic mass is 19.1. The molecule has 1 unspecified atom stereocenters. The van der Waals surface area contributed by atoms with Gasteiger partial charge in [0.25, 0.3) is 0 Å². The molecule has 3 aromatic rings. The van der Waals surface area contributed by atoms with Crippen LogP contribution in [0.25, 0.3) is 5.69 Å². The van der Waals surface area contributed by atoms with E-state index in [1.807, 2.05) is 6.07 Å². The van der Waals surface area contributed by atoms with E-state index >= 15 is 0 Å². The molecule has 0 saturated carbocycles. The molecule has 0 spiro atoms. The summed E-state index contributed by atoms with van der Waals surface area (Å²) in [6, 6.07) is 11.1. The summed E-state index contributed by atoms with van der Waals surface area (Å²) in [5, 5.41) is 13.8. The van der Waals surface area contributed by atoms with Gasteiger partial charge >= 0.3 is 0 Å². The van der Waals surface area contributed by atoms with Crippen LogP contribution in [0.15, 0.2) is 36.4 Å². The molecule has 0 fully saturated rings. The van der Waals surface area contributed by atoms with Crippen LogP contribution in [0.1, 0.15) is 39.3 Å². The molecule has 1 atom stereocenters. The van der Waals surface area contributed by atoms with E-state index in [1.165, 1.54) is 16.8 Å². The number of hydrogen-bond acceptors (Lipinski definition) is 5. The van der Waals surface area contributed by atoms with Crippen LogP contribution in [-0.2, 0) is 0 Å². The molecule has 0 amide bonds. The minimum Gasteiger partial charge on any atom is -0.290 e. The largest absolute Gasteiger partial charge is 0.290 e. The van der Waals surface area contributed by atoms with Crippen LogP contribution in [-0.4, -0.2) is 25.5 Å². The molecule has 0 aliphatic rings. The third-order valence-electron chi connectivity index (χ3n) is 3.86. The van der Waals surface area contributed by atoms with Gasteiger partial charge in [-0.15, -0.1) is 0 Å². The Morgan fingerprint density at radius 3 is 2.31 bits per heavy atom. The molecule has 0 N–H and O–H groups in total. The molecule has 2 aromatic heterocycles. The average Bonchev–Trinajstić information content (AvgIpc) is 2.97. The second-order valence-electron chi connectivity index (χ2n) is 5.99. The van der Waals surface area contributed by atoms with E-state index < -0.39 is 11.7 Å². The molecule has 26 heavy (non-hydrogen) atoms. The van der Waals surface area contributed by atoms with Gasteiger partial charge in [0.2, 0.25) is 5.78 Å². The van der Waals surface area contributed by atoms with Crippen molar-refractivity contribution in [1.29, 1.82) is 5.26 Å². The molecule has 7 heteroatoms. The van der Waals surface area contributed by atoms with Gasteiger partial charge in [-0.05, 0) is 57.2 Å². The molecule has 130 valence electrons. The van der Waals surface area contributed by atoms with E-state index in [4.69, 9.17) is 0 Å². The fourth-order valence-corrected chi connectivity index (χ4v) is 2.70. The molecule has 0 radical (unpaired) electrons. The van der Waals surface area contributed by atoms with Crippen molar-refractivity contribution in [3.8, 4) is 11.8 Å². The zero-order valence-corrected chi connectivity index (χ0v) is 14.6. The van der Waals surface area contributed by atoms with E-state index in [0.29, 0.717) is 22.8 Å². The van der Waals surface area contributed by atoms with E-state index in [9.17, 15) is 14.4 Å². The van der Waals surface area contributed by atoms with Crippen molar-refractivity contribution >= 4 is 5.78 Å². The quantitative estimate of drug-likeness (QED) is 0.675. The second-order valence-corrected chi connectivity index (χ2v) is 5.99. The highest BCUT2D eigenvalue weighted by molar-refractivity contribution is 6.00. The Morgan fingerprint density at radius 1 is 1.12 bits per heavy atom. The summed E-state index contributed by atoms with van der Waals surface area (Å²) in [7, 11) is 0. The fourth-order valence-electron chi connectivity index (χ4n) is 2.70. The van der Waals surface area contributed by atoms with E-state index in [1.54, 1.807) is 45.0 Å². The van der Waals surface area contributed by atoms with Crippen molar-refractivity contribution in [2.45, 2.75) is 26.7 Å². The first kappa shape index (κ1) is 17.4. The molecule has 2 heterocycles. The number of nitrogens with zero attached hydrogens (tertiary/aromatic N) is 5. The van der Waals surface area contributed by atoms with Gasteiger partial charge in [-0.25, -0.2) is 19.0 Å². The lowest BCUT2D eigenvalue weighted by Gasteiger charge is -2.07. The normalized spacial score (nSPS) is 11.8. The Balaban J connectivity index is 1.98. The third-order valence-corrected chi connectivity index (χ3v) is 3.86. The molecule has 6 nitrogen and oxygen atoms in total. The number of carbonyl (C=O) groups is 1. The summed E-state index contributed by atoms with van der Waals surface area (Å²) in [4.78, 5) is 21.2. The van der Waals surface area contributed by atoms with Crippen molar-refractivity contribution in [3.05, 3.63) is 70.8 Å². The number of benzene rings is 1. The van der Waals surface area contributed by atoms with Gasteiger partial charge in [0.05, 0.1) is 11.8 Å². The van der Waals surface area contributed by atoms with Gasteiger partial charge in [-0.3, -0.25) is 4.79 Å². The minimum absolute atomic E-state index is 0.140. The molecule has 0 aliphatic heterocycles. The van der Waals surface area contributed by atoms with Crippen molar-refractivity contribution < 1.29 is 9.18 Å². The van der Waals surface area contributed by atoms with Crippen LogP contribution in [0.2, 0.25) is 0 Å². The summed E-state index contributed by atoms with van der Waals surface area (Å²) in [6.07, 6.45) is 0. The molecule has 3 rings (SSSR count). The number of aryl methyl sites for hydroxylation is 3. The van der Waals surface area contributed by atoms with Crippen LogP contribution >= 0.6 is 0 Å². The number of Topliss-reactive ketones (excluding diaryl/α,β-unsaturated/α-hetero) is 1. The van der Waals surface area contributed by atoms with Gasteiger partial charge in [0.15, 0.2) is 11.7 Å². The predicted octanol–water partition coefficient (Wildman–Crippen LogP) is 3.22. The highest BCUT2D eigenvalue weighted by Gasteiger charge is 2.27. The molecule has 1 aromatic carbocycles. The van der Waals surface area contributed by atoms with Gasteiger partial charge in [-0.2, -0.15) is 10.4 Å². The summed E-state index contributed by atoms with van der Waals surface area (Å²) in [5.41, 5.74) is 2.83. The molecule has 0 saturated heterocycles. The van der Waals surface area contributed by atoms with Gasteiger partial charge in [-0.1, -0.05) is 0 Å². The summed E-state index contributed by atoms with van der Waals surface area (Å²) < 4.78 is 14.6. The molecule has 0 bridgehead atoms. The zero-order chi connectivity index (χ0) is 18.8. The van der Waals surface area contributed by atoms with E-state index in [-0.39, 0.29) is 17.3 Å². The topological polar surface area (TPSA) is 84.5 Å². The number of nitriles is 1. The van der Waals surface area contributed by atoms with Crippen LogP contribution in [0.5, 0.6) is 0 Å². The second kappa shape index (κ2) is 6.84. The average molecular weight is 349 g/mol. The van der Waals surface area contributed by atoms with E-state index in [0.717, 1.165) is 0 Å². The van der Waals surface area contributed by atoms with Crippen molar-refractivity contribution in [2.75, 3.05) is 0 Å². The Labute approximate surface area is 150 Å². The molecular formula is C19H16FN5O. The maximum absolute atomic E-state index is 13.1. The minimum atomic E-state index is -1.13. The van der Waals surface area contributed by atoms with Crippen molar-refractivity contribution in [1.82, 2.24) is 19.7 Å². The van der Waals surface area contributed by atoms with Crippen molar-refractivity contribution in [2.24, 2.45) is 0 Å². The van der Waals surface area contributed by atoms with Crippen LogP contribution in [0.4, 0.5) is 4.39 Å². The zero-order valence-electron chi connectivity index (χ0n) is 14.6. The Bertz CT molecular complexity index is 997. The van der Waals surface area contributed by atoms with E-state index in [2.05, 4.69) is 15.1 Å². The van der Waals surface area contributed by atoms with Crippen LogP contribution < -0.4 is 0 Å². The lowest BCUT2D eigenvalue weighted by Crippen LogP contribution is -2.16. The van der Waals surface area contributed by atoms with Crippen molar-refractivity contribution in [3.63, 3.8) is 0 Å². The van der Waals surface area contributed by atoms with Gasteiger partial charge < -0.3 is 0 Å². The van der Waals surface area contributed by atoms with Gasteiger partial charge in [0.1, 0.15) is 11.5 Å². The number of rotatable bonds is 4. The number of carbonyl (C=O) groups excluding carboxylic acids is 1. The summed E-state index contributed by atoms with van der Waals surface area (Å²) in [5.74, 6) is -1.79. The summed E-state index contributed by atoms with van der Waals surface area (Å²) in [6.45, 7) is 5.34. The maximum atomic E-state index is 13.1. The Kier molecular flexibility index (Phi) is 4.59. The number of ketones is 1. The lowest BCUT2D eigenvalue weighted by molar-refractivity contribution is 0.0971. The molecule has 0 aliphatic carbocycles. The fraction of sp³-hybridized carbons (Fsp3) is 0.211. The first-order chi connectivity index (χ1) is 12.4. The molecular weight excluding hydrogens is 333 g/mol. The maximum Gasteiger partial charge on any atom is 0.207 e. The number of aromatic nitrogens is 4. The number of halogens is 1. The Morgan fingerprint density at radius 2 is 1.73 bits per heavy atom. The first-order valence-corrected chi connectivity index (χ1v) is 7.97. The van der Waals surface area contributed by atoms with Gasteiger partial charge in [0, 0.05) is 17.1 Å². The highest BCUT2D eigenvalue weighted by Crippen LogP contribution is 2.20. The Hall–Kier alpha value is -3.40. The SMILES string of the molecule is Cc1cc(C)nc(C(C#N)C(=O)c2cc(C)n(-c3ccc(F)cc3)n2)n1. The van der Waals surface area contributed by atoms with Crippen LogP contribution in [0, 0.1) is 37.9 Å². The predicted molar refractivity (Wildman–Crippen MR) is 92.4 cm³/mol. The smallest absolute Gasteiger partial charge is 0.207 e.